The Bertz CT molecular complexity index is 883. The summed E-state index contributed by atoms with van der Waals surface area (Å²) in [7, 11) is 0. The number of anilines is 2. The minimum Gasteiger partial charge on any atom is -0.347 e. The molecule has 154 valence electrons. The number of hydrogen-bond donors (Lipinski definition) is 1. The van der Waals surface area contributed by atoms with E-state index in [1.54, 1.807) is 12.3 Å². The van der Waals surface area contributed by atoms with E-state index in [4.69, 9.17) is 9.47 Å². The fourth-order valence-electron chi connectivity index (χ4n) is 3.98. The highest BCUT2D eigenvalue weighted by atomic mass is 16.7. The first-order valence-electron chi connectivity index (χ1n) is 10.2. The van der Waals surface area contributed by atoms with Crippen LogP contribution in [-0.2, 0) is 9.47 Å². The van der Waals surface area contributed by atoms with Crippen molar-refractivity contribution in [3.63, 3.8) is 0 Å². The van der Waals surface area contributed by atoms with Crippen LogP contribution in [0.4, 0.5) is 11.6 Å². The smallest absolute Gasteiger partial charge is 0.274 e. The first kappa shape index (κ1) is 19.8. The van der Waals surface area contributed by atoms with E-state index >= 15 is 0 Å². The van der Waals surface area contributed by atoms with Gasteiger partial charge in [-0.05, 0) is 30.0 Å². The van der Waals surface area contributed by atoms with E-state index in [1.165, 1.54) is 0 Å². The van der Waals surface area contributed by atoms with Crippen molar-refractivity contribution in [2.75, 3.05) is 36.5 Å². The second kappa shape index (κ2) is 8.08. The summed E-state index contributed by atoms with van der Waals surface area (Å²) in [6.45, 7) is 9.03. The van der Waals surface area contributed by atoms with E-state index in [9.17, 15) is 4.79 Å². The molecule has 1 N–H and O–H groups in total. The van der Waals surface area contributed by atoms with E-state index in [2.05, 4.69) is 40.1 Å². The van der Waals surface area contributed by atoms with Crippen LogP contribution in [0.3, 0.4) is 0 Å². The molecule has 2 fully saturated rings. The fourth-order valence-corrected chi connectivity index (χ4v) is 3.98. The number of para-hydroxylation sites is 1. The van der Waals surface area contributed by atoms with Crippen molar-refractivity contribution in [3.8, 4) is 0 Å². The summed E-state index contributed by atoms with van der Waals surface area (Å²) in [6, 6.07) is 7.73. The summed E-state index contributed by atoms with van der Waals surface area (Å²) in [6.07, 6.45) is 3.19. The highest BCUT2D eigenvalue weighted by Crippen LogP contribution is 2.32. The summed E-state index contributed by atoms with van der Waals surface area (Å²) in [4.78, 5) is 23.9. The first-order chi connectivity index (χ1) is 14.0. The van der Waals surface area contributed by atoms with Crippen LogP contribution >= 0.6 is 0 Å². The zero-order valence-electron chi connectivity index (χ0n) is 17.3. The monoisotopic (exact) mass is 396 g/mol. The second-order valence-corrected chi connectivity index (χ2v) is 7.98. The van der Waals surface area contributed by atoms with Gasteiger partial charge >= 0.3 is 0 Å². The standard InChI is InChI=1S/C22H28N4O3/c1-15(2)17-6-4-5-16(3)19(17)25-20(27)18-7-10-23-21(24-18)26-11-8-22(9-12-26)28-13-14-29-22/h4-7,10,15H,8-9,11-14H2,1-3H3,(H,25,27). The van der Waals surface area contributed by atoms with Gasteiger partial charge < -0.3 is 19.7 Å². The topological polar surface area (TPSA) is 76.6 Å². The summed E-state index contributed by atoms with van der Waals surface area (Å²) >= 11 is 0. The molecule has 29 heavy (non-hydrogen) atoms. The Hall–Kier alpha value is -2.51. The van der Waals surface area contributed by atoms with Gasteiger partial charge in [-0.15, -0.1) is 0 Å². The van der Waals surface area contributed by atoms with Crippen LogP contribution in [0.25, 0.3) is 0 Å². The minimum atomic E-state index is -0.441. The molecule has 0 aliphatic carbocycles. The number of piperidine rings is 1. The van der Waals surface area contributed by atoms with Gasteiger partial charge in [0.2, 0.25) is 5.95 Å². The molecule has 1 spiro atoms. The molecule has 0 bridgehead atoms. The van der Waals surface area contributed by atoms with Gasteiger partial charge in [0.15, 0.2) is 5.79 Å². The van der Waals surface area contributed by atoms with Crippen molar-refractivity contribution in [1.29, 1.82) is 0 Å². The van der Waals surface area contributed by atoms with Crippen molar-refractivity contribution in [1.82, 2.24) is 9.97 Å². The highest BCUT2D eigenvalue weighted by Gasteiger charge is 2.40. The summed E-state index contributed by atoms with van der Waals surface area (Å²) in [5.74, 6) is 0.218. The van der Waals surface area contributed by atoms with Gasteiger partial charge in [-0.2, -0.15) is 0 Å². The Kier molecular flexibility index (Phi) is 5.52. The molecule has 7 heteroatoms. The average Bonchev–Trinajstić information content (AvgIpc) is 3.18. The Morgan fingerprint density at radius 1 is 1.17 bits per heavy atom. The van der Waals surface area contributed by atoms with Crippen molar-refractivity contribution in [3.05, 3.63) is 47.3 Å². The van der Waals surface area contributed by atoms with Gasteiger partial charge in [0.1, 0.15) is 5.69 Å². The predicted octanol–water partition coefficient (Wildman–Crippen LogP) is 3.50. The lowest BCUT2D eigenvalue weighted by atomic mass is 9.98. The van der Waals surface area contributed by atoms with E-state index in [0.29, 0.717) is 30.8 Å². The number of carbonyl (C=O) groups excluding carboxylic acids is 1. The molecule has 0 unspecified atom stereocenters. The third kappa shape index (κ3) is 4.11. The molecule has 4 rings (SSSR count). The number of nitrogens with one attached hydrogen (secondary N) is 1. The normalized spacial score (nSPS) is 18.4. The van der Waals surface area contributed by atoms with Crippen molar-refractivity contribution in [2.45, 2.75) is 45.3 Å². The molecule has 7 nitrogen and oxygen atoms in total. The van der Waals surface area contributed by atoms with Crippen molar-refractivity contribution >= 4 is 17.5 Å². The highest BCUT2D eigenvalue weighted by molar-refractivity contribution is 6.03. The van der Waals surface area contributed by atoms with E-state index in [1.807, 2.05) is 19.1 Å². The van der Waals surface area contributed by atoms with Gasteiger partial charge in [0.05, 0.1) is 13.2 Å². The number of hydrogen-bond acceptors (Lipinski definition) is 6. The molecule has 1 aromatic heterocycles. The summed E-state index contributed by atoms with van der Waals surface area (Å²) < 4.78 is 11.6. The minimum absolute atomic E-state index is 0.221. The fraction of sp³-hybridized carbons (Fsp3) is 0.500. The lowest BCUT2D eigenvalue weighted by molar-refractivity contribution is -0.169. The molecule has 1 aromatic carbocycles. The third-order valence-corrected chi connectivity index (χ3v) is 5.66. The van der Waals surface area contributed by atoms with Crippen molar-refractivity contribution < 1.29 is 14.3 Å². The van der Waals surface area contributed by atoms with Crippen LogP contribution in [0.15, 0.2) is 30.5 Å². The Balaban J connectivity index is 1.49. The molecule has 2 aliphatic heterocycles. The molecular weight excluding hydrogens is 368 g/mol. The molecule has 3 heterocycles. The van der Waals surface area contributed by atoms with Crippen LogP contribution in [-0.4, -0.2) is 48.0 Å². The van der Waals surface area contributed by atoms with Crippen LogP contribution in [0.1, 0.15) is 54.2 Å². The molecule has 2 aromatic rings. The molecule has 0 atom stereocenters. The third-order valence-electron chi connectivity index (χ3n) is 5.66. The van der Waals surface area contributed by atoms with Gasteiger partial charge in [0, 0.05) is 37.8 Å². The molecule has 0 radical (unpaired) electrons. The second-order valence-electron chi connectivity index (χ2n) is 7.98. The number of aromatic nitrogens is 2. The van der Waals surface area contributed by atoms with Crippen LogP contribution in [0, 0.1) is 6.92 Å². The average molecular weight is 396 g/mol. The van der Waals surface area contributed by atoms with Gasteiger partial charge in [0.25, 0.3) is 5.91 Å². The summed E-state index contributed by atoms with van der Waals surface area (Å²) in [5.41, 5.74) is 3.38. The largest absolute Gasteiger partial charge is 0.347 e. The maximum atomic E-state index is 12.9. The van der Waals surface area contributed by atoms with E-state index in [-0.39, 0.29) is 5.91 Å². The lowest BCUT2D eigenvalue weighted by Crippen LogP contribution is -2.45. The molecule has 1 amide bonds. The number of ether oxygens (including phenoxy) is 2. The number of rotatable bonds is 4. The van der Waals surface area contributed by atoms with E-state index < -0.39 is 5.79 Å². The molecule has 2 aliphatic rings. The quantitative estimate of drug-likeness (QED) is 0.852. The number of carbonyl (C=O) groups is 1. The van der Waals surface area contributed by atoms with E-state index in [0.717, 1.165) is 42.7 Å². The predicted molar refractivity (Wildman–Crippen MR) is 111 cm³/mol. The summed E-state index contributed by atoms with van der Waals surface area (Å²) in [5, 5.41) is 3.06. The zero-order chi connectivity index (χ0) is 20.4. The number of amides is 1. The number of benzene rings is 1. The van der Waals surface area contributed by atoms with Gasteiger partial charge in [-0.1, -0.05) is 32.0 Å². The maximum Gasteiger partial charge on any atom is 0.274 e. The first-order valence-corrected chi connectivity index (χ1v) is 10.2. The lowest BCUT2D eigenvalue weighted by Gasteiger charge is -2.37. The SMILES string of the molecule is Cc1cccc(C(C)C)c1NC(=O)c1ccnc(N2CCC3(CC2)OCCO3)n1. The van der Waals surface area contributed by atoms with Crippen LogP contribution in [0.5, 0.6) is 0 Å². The Labute approximate surface area is 171 Å². The zero-order valence-corrected chi connectivity index (χ0v) is 17.3. The molecular formula is C22H28N4O3. The van der Waals surface area contributed by atoms with Gasteiger partial charge in [-0.25, -0.2) is 9.97 Å². The molecule has 0 saturated carbocycles. The van der Waals surface area contributed by atoms with Crippen LogP contribution < -0.4 is 10.2 Å². The Morgan fingerprint density at radius 3 is 2.59 bits per heavy atom. The van der Waals surface area contributed by atoms with Gasteiger partial charge in [-0.3, -0.25) is 4.79 Å². The Morgan fingerprint density at radius 2 is 1.90 bits per heavy atom. The molecule has 2 saturated heterocycles. The van der Waals surface area contributed by atoms with Crippen molar-refractivity contribution in [2.24, 2.45) is 0 Å². The number of aryl methyl sites for hydroxylation is 1. The van der Waals surface area contributed by atoms with Crippen LogP contribution in [0.2, 0.25) is 0 Å². The maximum absolute atomic E-state index is 12.9. The number of nitrogens with zero attached hydrogens (tertiary/aromatic N) is 3.